The summed E-state index contributed by atoms with van der Waals surface area (Å²) in [7, 11) is 0. The molecule has 116 valence electrons. The highest BCUT2D eigenvalue weighted by Gasteiger charge is 2.22. The maximum atomic E-state index is 11.3. The Labute approximate surface area is 141 Å². The third-order valence-corrected chi connectivity index (χ3v) is 5.19. The molecule has 1 aromatic carbocycles. The summed E-state index contributed by atoms with van der Waals surface area (Å²) >= 11 is 7.58. The zero-order valence-corrected chi connectivity index (χ0v) is 13.6. The van der Waals surface area contributed by atoms with Gasteiger partial charge >= 0.3 is 0 Å². The molecule has 1 amide bonds. The number of carbonyl (C=O) groups is 1. The molecule has 2 N–H and O–H groups in total. The van der Waals surface area contributed by atoms with Gasteiger partial charge in [-0.2, -0.15) is 0 Å². The van der Waals surface area contributed by atoms with Gasteiger partial charge in [-0.3, -0.25) is 4.79 Å². The number of carbonyl (C=O) groups excluding carboxylic acids is 1. The van der Waals surface area contributed by atoms with Gasteiger partial charge in [0.15, 0.2) is 0 Å². The summed E-state index contributed by atoms with van der Waals surface area (Å²) in [6, 6.07) is 9.86. The first-order valence-electron chi connectivity index (χ1n) is 7.23. The molecule has 1 aliphatic heterocycles. The number of benzene rings is 1. The molecule has 0 saturated carbocycles. The predicted octanol–water partition coefficient (Wildman–Crippen LogP) is 3.31. The van der Waals surface area contributed by atoms with Crippen LogP contribution in [-0.2, 0) is 4.79 Å². The summed E-state index contributed by atoms with van der Waals surface area (Å²) in [6.45, 7) is 0.625. The minimum Gasteiger partial charge on any atom is -0.364 e. The molecule has 0 radical (unpaired) electrons. The Morgan fingerprint density at radius 2 is 2.09 bits per heavy atom. The van der Waals surface area contributed by atoms with Gasteiger partial charge in [0.25, 0.3) is 0 Å². The van der Waals surface area contributed by atoms with E-state index >= 15 is 0 Å². The molecule has 4 rings (SSSR count). The van der Waals surface area contributed by atoms with E-state index in [1.807, 2.05) is 30.3 Å². The van der Waals surface area contributed by atoms with Gasteiger partial charge in [-0.1, -0.05) is 23.7 Å². The number of nitrogens with one attached hydrogen (secondary N) is 2. The molecule has 23 heavy (non-hydrogen) atoms. The third kappa shape index (κ3) is 2.87. The van der Waals surface area contributed by atoms with E-state index in [9.17, 15) is 4.79 Å². The van der Waals surface area contributed by atoms with Crippen molar-refractivity contribution >= 4 is 44.9 Å². The Morgan fingerprint density at radius 3 is 2.83 bits per heavy atom. The highest BCUT2D eigenvalue weighted by atomic mass is 35.5. The van der Waals surface area contributed by atoms with Crippen LogP contribution in [0.3, 0.4) is 0 Å². The molecule has 1 saturated heterocycles. The van der Waals surface area contributed by atoms with E-state index in [1.54, 1.807) is 17.7 Å². The average Bonchev–Trinajstić information content (AvgIpc) is 3.15. The Balaban J connectivity index is 1.69. The number of aromatic nitrogens is 2. The van der Waals surface area contributed by atoms with Gasteiger partial charge in [-0.15, -0.1) is 11.3 Å². The Morgan fingerprint density at radius 1 is 1.26 bits per heavy atom. The van der Waals surface area contributed by atoms with Gasteiger partial charge in [0.1, 0.15) is 12.1 Å². The molecule has 0 unspecified atom stereocenters. The molecule has 1 atom stereocenters. The van der Waals surface area contributed by atoms with Gasteiger partial charge in [-0.05, 0) is 23.8 Å². The quantitative estimate of drug-likeness (QED) is 0.765. The number of hydrogen-bond donors (Lipinski definition) is 2. The second-order valence-corrected chi connectivity index (χ2v) is 6.89. The topological polar surface area (TPSA) is 66.9 Å². The molecule has 5 nitrogen and oxygen atoms in total. The molecule has 1 fully saturated rings. The third-order valence-electron chi connectivity index (χ3n) is 3.76. The standard InChI is InChI=1S/C16H13ClN4OS/c17-10-3-1-9(2-4-10)13-6-12-15(23-13)16(20-8-19-12)21-11-5-14(22)18-7-11/h1-4,6,8,11H,5,7H2,(H,18,22)(H,19,20,21)/t11-/m1/s1. The van der Waals surface area contributed by atoms with Crippen LogP contribution in [0.5, 0.6) is 0 Å². The largest absolute Gasteiger partial charge is 0.364 e. The van der Waals surface area contributed by atoms with Crippen molar-refractivity contribution in [2.75, 3.05) is 11.9 Å². The summed E-state index contributed by atoms with van der Waals surface area (Å²) in [4.78, 5) is 21.1. The molecule has 0 aliphatic carbocycles. The number of rotatable bonds is 3. The highest BCUT2D eigenvalue weighted by molar-refractivity contribution is 7.22. The molecule has 1 aliphatic rings. The van der Waals surface area contributed by atoms with E-state index in [0.717, 1.165) is 31.5 Å². The molecular formula is C16H13ClN4OS. The van der Waals surface area contributed by atoms with Crippen LogP contribution in [-0.4, -0.2) is 28.5 Å². The lowest BCUT2D eigenvalue weighted by Crippen LogP contribution is -2.22. The van der Waals surface area contributed by atoms with E-state index in [4.69, 9.17) is 11.6 Å². The zero-order valence-electron chi connectivity index (χ0n) is 12.0. The first kappa shape index (κ1) is 14.4. The molecule has 3 aromatic rings. The van der Waals surface area contributed by atoms with Crippen molar-refractivity contribution in [1.82, 2.24) is 15.3 Å². The van der Waals surface area contributed by atoms with Crippen LogP contribution in [0.2, 0.25) is 5.02 Å². The normalized spacial score (nSPS) is 17.4. The first-order chi connectivity index (χ1) is 11.2. The maximum absolute atomic E-state index is 11.3. The molecular weight excluding hydrogens is 332 g/mol. The summed E-state index contributed by atoms with van der Waals surface area (Å²) in [5.74, 6) is 0.850. The van der Waals surface area contributed by atoms with Crippen LogP contribution in [0.1, 0.15) is 6.42 Å². The Kier molecular flexibility index (Phi) is 3.63. The fourth-order valence-electron chi connectivity index (χ4n) is 2.61. The van der Waals surface area contributed by atoms with E-state index in [-0.39, 0.29) is 11.9 Å². The minimum atomic E-state index is 0.0702. The number of halogens is 1. The van der Waals surface area contributed by atoms with E-state index in [2.05, 4.69) is 20.6 Å². The predicted molar refractivity (Wildman–Crippen MR) is 92.9 cm³/mol. The van der Waals surface area contributed by atoms with E-state index in [1.165, 1.54) is 0 Å². The fourth-order valence-corrected chi connectivity index (χ4v) is 3.81. The Bertz CT molecular complexity index is 877. The molecule has 7 heteroatoms. The van der Waals surface area contributed by atoms with Gasteiger partial charge in [0.2, 0.25) is 5.91 Å². The minimum absolute atomic E-state index is 0.0702. The van der Waals surface area contributed by atoms with Gasteiger partial charge in [0, 0.05) is 22.9 Å². The first-order valence-corrected chi connectivity index (χ1v) is 8.42. The second kappa shape index (κ2) is 5.79. The summed E-state index contributed by atoms with van der Waals surface area (Å²) < 4.78 is 0.997. The van der Waals surface area contributed by atoms with Crippen LogP contribution < -0.4 is 10.6 Å². The SMILES string of the molecule is O=C1C[C@@H](Nc2ncnc3cc(-c4ccc(Cl)cc4)sc23)CN1. The van der Waals surface area contributed by atoms with Crippen molar-refractivity contribution in [1.29, 1.82) is 0 Å². The number of thiophene rings is 1. The average molecular weight is 345 g/mol. The van der Waals surface area contributed by atoms with Crippen LogP contribution in [0.4, 0.5) is 5.82 Å². The van der Waals surface area contributed by atoms with Crippen LogP contribution in [0, 0.1) is 0 Å². The zero-order chi connectivity index (χ0) is 15.8. The van der Waals surface area contributed by atoms with E-state index in [0.29, 0.717) is 13.0 Å². The van der Waals surface area contributed by atoms with Crippen molar-refractivity contribution in [2.45, 2.75) is 12.5 Å². The molecule has 2 aromatic heterocycles. The summed E-state index contributed by atoms with van der Waals surface area (Å²) in [6.07, 6.45) is 2.02. The Hall–Kier alpha value is -2.18. The van der Waals surface area contributed by atoms with Crippen molar-refractivity contribution in [3.05, 3.63) is 41.7 Å². The van der Waals surface area contributed by atoms with Crippen LogP contribution >= 0.6 is 22.9 Å². The summed E-state index contributed by atoms with van der Waals surface area (Å²) in [5, 5.41) is 6.88. The maximum Gasteiger partial charge on any atom is 0.222 e. The van der Waals surface area contributed by atoms with Crippen LogP contribution in [0.25, 0.3) is 20.7 Å². The number of amides is 1. The van der Waals surface area contributed by atoms with Crippen molar-refractivity contribution < 1.29 is 4.79 Å². The smallest absolute Gasteiger partial charge is 0.222 e. The molecule has 0 bridgehead atoms. The highest BCUT2D eigenvalue weighted by Crippen LogP contribution is 2.36. The van der Waals surface area contributed by atoms with Crippen molar-refractivity contribution in [3.8, 4) is 10.4 Å². The number of fused-ring (bicyclic) bond motifs is 1. The van der Waals surface area contributed by atoms with Crippen molar-refractivity contribution in [3.63, 3.8) is 0 Å². The van der Waals surface area contributed by atoms with E-state index < -0.39 is 0 Å². The fraction of sp³-hybridized carbons (Fsp3) is 0.188. The summed E-state index contributed by atoms with van der Waals surface area (Å²) in [5.41, 5.74) is 2.00. The number of anilines is 1. The lowest BCUT2D eigenvalue weighted by Gasteiger charge is -2.10. The van der Waals surface area contributed by atoms with Gasteiger partial charge in [0.05, 0.1) is 16.3 Å². The number of hydrogen-bond acceptors (Lipinski definition) is 5. The van der Waals surface area contributed by atoms with Crippen LogP contribution in [0.15, 0.2) is 36.7 Å². The lowest BCUT2D eigenvalue weighted by molar-refractivity contribution is -0.119. The monoisotopic (exact) mass is 344 g/mol. The lowest BCUT2D eigenvalue weighted by atomic mass is 10.2. The second-order valence-electron chi connectivity index (χ2n) is 5.40. The van der Waals surface area contributed by atoms with Gasteiger partial charge < -0.3 is 10.6 Å². The van der Waals surface area contributed by atoms with Crippen molar-refractivity contribution in [2.24, 2.45) is 0 Å². The molecule has 3 heterocycles. The van der Waals surface area contributed by atoms with Gasteiger partial charge in [-0.25, -0.2) is 9.97 Å². The molecule has 0 spiro atoms. The number of nitrogens with zero attached hydrogens (tertiary/aromatic N) is 2.